The third kappa shape index (κ3) is 5.66. The summed E-state index contributed by atoms with van der Waals surface area (Å²) in [6, 6.07) is 9.45. The van der Waals surface area contributed by atoms with Gasteiger partial charge in [-0.05, 0) is 72.8 Å². The zero-order chi connectivity index (χ0) is 23.6. The maximum atomic E-state index is 13.7. The van der Waals surface area contributed by atoms with E-state index in [1.54, 1.807) is 0 Å². The minimum atomic E-state index is -3.12. The molecule has 2 heterocycles. The van der Waals surface area contributed by atoms with Crippen molar-refractivity contribution >= 4 is 15.8 Å². The van der Waals surface area contributed by atoms with E-state index < -0.39 is 10.0 Å². The minimum Gasteiger partial charge on any atom is -0.494 e. The number of rotatable bonds is 7. The number of anilines is 1. The van der Waals surface area contributed by atoms with Crippen LogP contribution in [0.2, 0.25) is 0 Å². The molecule has 0 spiro atoms. The fourth-order valence-corrected chi connectivity index (χ4v) is 6.11. The first-order chi connectivity index (χ1) is 15.7. The lowest BCUT2D eigenvalue weighted by Gasteiger charge is -2.34. The SMILES string of the molecule is COc1cc([C@@H](C)C[C@H]2CC[C@@H](c3ccc(N4CCN(S(C)(=O)=O)CC4)nc3)C2)ccc1F. The Hall–Kier alpha value is -2.19. The molecular weight excluding hydrogens is 441 g/mol. The third-order valence-corrected chi connectivity index (χ3v) is 8.55. The lowest BCUT2D eigenvalue weighted by molar-refractivity contribution is 0.384. The number of nitrogens with zero attached hydrogens (tertiary/aromatic N) is 3. The van der Waals surface area contributed by atoms with E-state index in [-0.39, 0.29) is 5.82 Å². The van der Waals surface area contributed by atoms with Gasteiger partial charge in [-0.25, -0.2) is 17.8 Å². The van der Waals surface area contributed by atoms with Gasteiger partial charge in [-0.1, -0.05) is 19.1 Å². The largest absolute Gasteiger partial charge is 0.494 e. The molecule has 8 heteroatoms. The Morgan fingerprint density at radius 2 is 1.91 bits per heavy atom. The van der Waals surface area contributed by atoms with Gasteiger partial charge in [0, 0.05) is 32.4 Å². The lowest BCUT2D eigenvalue weighted by atomic mass is 9.88. The molecule has 3 atom stereocenters. The fourth-order valence-electron chi connectivity index (χ4n) is 5.29. The molecule has 0 amide bonds. The summed E-state index contributed by atoms with van der Waals surface area (Å²) in [6.45, 7) is 4.54. The van der Waals surface area contributed by atoms with Gasteiger partial charge in [0.2, 0.25) is 10.0 Å². The maximum Gasteiger partial charge on any atom is 0.211 e. The van der Waals surface area contributed by atoms with E-state index in [4.69, 9.17) is 9.72 Å². The Morgan fingerprint density at radius 3 is 2.55 bits per heavy atom. The van der Waals surface area contributed by atoms with E-state index in [1.165, 1.54) is 35.7 Å². The normalized spacial score (nSPS) is 23.0. The molecule has 0 radical (unpaired) electrons. The number of methoxy groups -OCH3 is 1. The van der Waals surface area contributed by atoms with E-state index >= 15 is 0 Å². The average molecular weight is 476 g/mol. The van der Waals surface area contributed by atoms with Crippen LogP contribution in [0, 0.1) is 11.7 Å². The molecule has 2 fully saturated rings. The summed E-state index contributed by atoms with van der Waals surface area (Å²) in [5.74, 6) is 2.43. The van der Waals surface area contributed by atoms with Crippen LogP contribution in [0.25, 0.3) is 0 Å². The fraction of sp³-hybridized carbons (Fsp3) is 0.560. The average Bonchev–Trinajstić information content (AvgIpc) is 3.27. The number of pyridine rings is 1. The molecule has 33 heavy (non-hydrogen) atoms. The van der Waals surface area contributed by atoms with Crippen molar-refractivity contribution in [2.45, 2.75) is 44.4 Å². The van der Waals surface area contributed by atoms with Crippen molar-refractivity contribution < 1.29 is 17.5 Å². The Balaban J connectivity index is 1.31. The predicted molar refractivity (Wildman–Crippen MR) is 129 cm³/mol. The predicted octanol–water partition coefficient (Wildman–Crippen LogP) is 4.39. The Kier molecular flexibility index (Phi) is 7.24. The Morgan fingerprint density at radius 1 is 1.15 bits per heavy atom. The summed E-state index contributed by atoms with van der Waals surface area (Å²) in [5.41, 5.74) is 2.41. The van der Waals surface area contributed by atoms with Crippen molar-refractivity contribution in [3.05, 3.63) is 53.5 Å². The molecule has 0 bridgehead atoms. The first-order valence-corrected chi connectivity index (χ1v) is 13.6. The topological polar surface area (TPSA) is 62.7 Å². The second-order valence-corrected chi connectivity index (χ2v) is 11.5. The first-order valence-electron chi connectivity index (χ1n) is 11.7. The van der Waals surface area contributed by atoms with Crippen LogP contribution in [0.15, 0.2) is 36.5 Å². The molecule has 180 valence electrons. The minimum absolute atomic E-state index is 0.313. The van der Waals surface area contributed by atoms with Crippen LogP contribution in [0.5, 0.6) is 5.75 Å². The quantitative estimate of drug-likeness (QED) is 0.594. The standard InChI is InChI=1S/C25H34FN3O3S/c1-18(20-6-8-23(26)24(16-20)32-2)14-19-4-5-21(15-19)22-7-9-25(27-17-22)28-10-12-29(13-11-28)33(3,30)31/h6-9,16-19,21H,4-5,10-15H2,1-3H3/t18-,19+,21+/m0/s1. The molecule has 0 unspecified atom stereocenters. The van der Waals surface area contributed by atoms with E-state index in [9.17, 15) is 12.8 Å². The highest BCUT2D eigenvalue weighted by Crippen LogP contribution is 2.42. The first kappa shape index (κ1) is 24.0. The van der Waals surface area contributed by atoms with Crippen molar-refractivity contribution in [1.29, 1.82) is 0 Å². The van der Waals surface area contributed by atoms with Crippen molar-refractivity contribution in [3.63, 3.8) is 0 Å². The zero-order valence-corrected chi connectivity index (χ0v) is 20.5. The van der Waals surface area contributed by atoms with E-state index in [2.05, 4.69) is 24.0 Å². The summed E-state index contributed by atoms with van der Waals surface area (Å²) in [5, 5.41) is 0. The van der Waals surface area contributed by atoms with Gasteiger partial charge in [0.25, 0.3) is 0 Å². The number of hydrogen-bond donors (Lipinski definition) is 0. The summed E-state index contributed by atoms with van der Waals surface area (Å²) >= 11 is 0. The molecule has 1 saturated carbocycles. The van der Waals surface area contributed by atoms with E-state index in [0.717, 1.165) is 30.6 Å². The van der Waals surface area contributed by atoms with Gasteiger partial charge in [-0.2, -0.15) is 4.31 Å². The van der Waals surface area contributed by atoms with Crippen molar-refractivity contribution in [2.75, 3.05) is 44.4 Å². The van der Waals surface area contributed by atoms with Crippen molar-refractivity contribution in [1.82, 2.24) is 9.29 Å². The van der Waals surface area contributed by atoms with Crippen LogP contribution in [-0.4, -0.2) is 57.3 Å². The number of piperazine rings is 1. The molecule has 6 nitrogen and oxygen atoms in total. The van der Waals surface area contributed by atoms with Gasteiger partial charge in [0.05, 0.1) is 13.4 Å². The number of sulfonamides is 1. The number of ether oxygens (including phenoxy) is 1. The third-order valence-electron chi connectivity index (χ3n) is 7.25. The Bertz CT molecular complexity index is 1050. The van der Waals surface area contributed by atoms with Gasteiger partial charge in [0.1, 0.15) is 5.82 Å². The van der Waals surface area contributed by atoms with Crippen LogP contribution in [0.3, 0.4) is 0 Å². The van der Waals surface area contributed by atoms with Crippen LogP contribution in [0.4, 0.5) is 10.2 Å². The highest BCUT2D eigenvalue weighted by atomic mass is 32.2. The monoisotopic (exact) mass is 475 g/mol. The van der Waals surface area contributed by atoms with Crippen molar-refractivity contribution in [2.24, 2.45) is 5.92 Å². The molecular formula is C25H34FN3O3S. The second kappa shape index (κ2) is 9.97. The molecule has 1 aliphatic heterocycles. The smallest absolute Gasteiger partial charge is 0.211 e. The van der Waals surface area contributed by atoms with Gasteiger partial charge < -0.3 is 9.64 Å². The number of benzene rings is 1. The van der Waals surface area contributed by atoms with Crippen LogP contribution < -0.4 is 9.64 Å². The van der Waals surface area contributed by atoms with Gasteiger partial charge in [-0.3, -0.25) is 0 Å². The molecule has 1 saturated heterocycles. The second-order valence-electron chi connectivity index (χ2n) is 9.51. The highest BCUT2D eigenvalue weighted by Gasteiger charge is 2.28. The van der Waals surface area contributed by atoms with Gasteiger partial charge in [0.15, 0.2) is 11.6 Å². The number of halogens is 1. The molecule has 1 aliphatic carbocycles. The van der Waals surface area contributed by atoms with Gasteiger partial charge >= 0.3 is 0 Å². The van der Waals surface area contributed by atoms with E-state index in [1.807, 2.05) is 18.3 Å². The van der Waals surface area contributed by atoms with Crippen LogP contribution in [0.1, 0.15) is 55.6 Å². The Labute approximate surface area is 196 Å². The van der Waals surface area contributed by atoms with Crippen LogP contribution in [-0.2, 0) is 10.0 Å². The van der Waals surface area contributed by atoms with E-state index in [0.29, 0.717) is 49.7 Å². The summed E-state index contributed by atoms with van der Waals surface area (Å²) < 4.78 is 43.8. The summed E-state index contributed by atoms with van der Waals surface area (Å²) in [4.78, 5) is 6.86. The number of hydrogen-bond acceptors (Lipinski definition) is 5. The molecule has 4 rings (SSSR count). The molecule has 2 aliphatic rings. The van der Waals surface area contributed by atoms with Crippen LogP contribution >= 0.6 is 0 Å². The lowest BCUT2D eigenvalue weighted by Crippen LogP contribution is -2.48. The molecule has 1 aromatic carbocycles. The summed E-state index contributed by atoms with van der Waals surface area (Å²) in [6.07, 6.45) is 7.86. The van der Waals surface area contributed by atoms with Crippen molar-refractivity contribution in [3.8, 4) is 5.75 Å². The summed E-state index contributed by atoms with van der Waals surface area (Å²) in [7, 11) is -1.62. The maximum absolute atomic E-state index is 13.7. The zero-order valence-electron chi connectivity index (χ0n) is 19.7. The number of aromatic nitrogens is 1. The van der Waals surface area contributed by atoms with Gasteiger partial charge in [-0.15, -0.1) is 0 Å². The molecule has 1 aromatic heterocycles. The molecule has 0 N–H and O–H groups in total. The molecule has 2 aromatic rings. The highest BCUT2D eigenvalue weighted by molar-refractivity contribution is 7.88.